The van der Waals surface area contributed by atoms with Crippen molar-refractivity contribution in [2.24, 2.45) is 11.8 Å². The van der Waals surface area contributed by atoms with Crippen LogP contribution in [0.2, 0.25) is 5.02 Å². The molecule has 0 aliphatic carbocycles. The van der Waals surface area contributed by atoms with Crippen LogP contribution in [0.3, 0.4) is 0 Å². The summed E-state index contributed by atoms with van der Waals surface area (Å²) in [5.41, 5.74) is 0.395. The summed E-state index contributed by atoms with van der Waals surface area (Å²) >= 11 is 5.92. The van der Waals surface area contributed by atoms with Gasteiger partial charge in [0.1, 0.15) is 5.75 Å². The first-order chi connectivity index (χ1) is 10.4. The quantitative estimate of drug-likeness (QED) is 0.851. The molecule has 2 rings (SSSR count). The van der Waals surface area contributed by atoms with Crippen LogP contribution >= 0.6 is 11.6 Å². The van der Waals surface area contributed by atoms with Gasteiger partial charge in [-0.15, -0.1) is 0 Å². The zero-order valence-corrected chi connectivity index (χ0v) is 13.8. The van der Waals surface area contributed by atoms with E-state index in [4.69, 9.17) is 16.3 Å². The van der Waals surface area contributed by atoms with E-state index in [2.05, 4.69) is 19.2 Å². The monoisotopic (exact) mass is 324 g/mol. The van der Waals surface area contributed by atoms with Crippen molar-refractivity contribution in [3.8, 4) is 5.75 Å². The molecule has 6 heteroatoms. The zero-order chi connectivity index (χ0) is 16.3. The van der Waals surface area contributed by atoms with Crippen LogP contribution < -0.4 is 10.1 Å². The molecule has 2 amide bonds. The van der Waals surface area contributed by atoms with Gasteiger partial charge in [-0.2, -0.15) is 0 Å². The van der Waals surface area contributed by atoms with E-state index in [0.717, 1.165) is 6.42 Å². The number of nitrogens with zero attached hydrogens (tertiary/aromatic N) is 1. The maximum Gasteiger partial charge on any atom is 0.314 e. The van der Waals surface area contributed by atoms with Crippen molar-refractivity contribution >= 4 is 29.1 Å². The van der Waals surface area contributed by atoms with Gasteiger partial charge in [-0.25, -0.2) is 0 Å². The van der Waals surface area contributed by atoms with Gasteiger partial charge in [0.2, 0.25) is 0 Å². The second-order valence-electron chi connectivity index (χ2n) is 5.95. The molecule has 0 spiro atoms. The van der Waals surface area contributed by atoms with Gasteiger partial charge in [-0.3, -0.25) is 9.59 Å². The number of carbonyl (C=O) groups is 2. The summed E-state index contributed by atoms with van der Waals surface area (Å²) in [5.74, 6) is 0.0932. The van der Waals surface area contributed by atoms with Crippen LogP contribution in [0.25, 0.3) is 0 Å². The molecule has 1 aliphatic rings. The molecule has 2 unspecified atom stereocenters. The minimum atomic E-state index is -0.665. The number of carbonyl (C=O) groups excluding carboxylic acids is 2. The first-order valence-electron chi connectivity index (χ1n) is 7.34. The minimum absolute atomic E-state index is 0.395. The minimum Gasteiger partial charge on any atom is -0.495 e. The van der Waals surface area contributed by atoms with Crippen molar-refractivity contribution in [3.63, 3.8) is 0 Å². The first-order valence-corrected chi connectivity index (χ1v) is 7.72. The third kappa shape index (κ3) is 3.91. The highest BCUT2D eigenvalue weighted by Crippen LogP contribution is 2.28. The molecular weight excluding hydrogens is 304 g/mol. The van der Waals surface area contributed by atoms with Crippen molar-refractivity contribution in [1.82, 2.24) is 4.90 Å². The number of likely N-dealkylation sites (tertiary alicyclic amines) is 1. The fourth-order valence-corrected chi connectivity index (χ4v) is 3.10. The summed E-state index contributed by atoms with van der Waals surface area (Å²) in [6, 6.07) is 4.87. The zero-order valence-electron chi connectivity index (χ0n) is 13.1. The molecule has 1 heterocycles. The first kappa shape index (κ1) is 16.6. The van der Waals surface area contributed by atoms with Gasteiger partial charge < -0.3 is 15.0 Å². The number of amides is 2. The SMILES string of the molecule is COc1ccc(Cl)cc1NC(=O)C(=O)N1CC(C)CC(C)C1. The molecule has 0 aromatic heterocycles. The third-order valence-electron chi connectivity index (χ3n) is 3.76. The van der Waals surface area contributed by atoms with Gasteiger partial charge in [0.15, 0.2) is 0 Å². The van der Waals surface area contributed by atoms with E-state index >= 15 is 0 Å². The van der Waals surface area contributed by atoms with Crippen LogP contribution in [0.5, 0.6) is 5.75 Å². The van der Waals surface area contributed by atoms with E-state index < -0.39 is 11.8 Å². The van der Waals surface area contributed by atoms with E-state index in [1.807, 2.05) is 0 Å². The predicted molar refractivity (Wildman–Crippen MR) is 86.2 cm³/mol. The molecule has 0 saturated carbocycles. The molecule has 1 aliphatic heterocycles. The molecule has 1 N–H and O–H groups in total. The highest BCUT2D eigenvalue weighted by Gasteiger charge is 2.29. The summed E-state index contributed by atoms with van der Waals surface area (Å²) in [7, 11) is 1.49. The van der Waals surface area contributed by atoms with Crippen LogP contribution in [0, 0.1) is 11.8 Å². The Morgan fingerprint density at radius 3 is 2.50 bits per heavy atom. The molecule has 1 aromatic rings. The molecule has 2 atom stereocenters. The van der Waals surface area contributed by atoms with Gasteiger partial charge in [-0.05, 0) is 36.5 Å². The average molecular weight is 325 g/mol. The van der Waals surface area contributed by atoms with E-state index in [1.165, 1.54) is 7.11 Å². The Hall–Kier alpha value is -1.75. The molecule has 0 bridgehead atoms. The van der Waals surface area contributed by atoms with Crippen molar-refractivity contribution in [2.45, 2.75) is 20.3 Å². The average Bonchev–Trinajstić information content (AvgIpc) is 2.45. The Balaban J connectivity index is 2.08. The molecule has 1 aromatic carbocycles. The Bertz CT molecular complexity index is 567. The van der Waals surface area contributed by atoms with Gasteiger partial charge in [0.05, 0.1) is 12.8 Å². The number of rotatable bonds is 2. The lowest BCUT2D eigenvalue weighted by molar-refractivity contribution is -0.144. The smallest absolute Gasteiger partial charge is 0.314 e. The summed E-state index contributed by atoms with van der Waals surface area (Å²) in [6.45, 7) is 5.41. The maximum absolute atomic E-state index is 12.3. The van der Waals surface area contributed by atoms with E-state index in [9.17, 15) is 9.59 Å². The Morgan fingerprint density at radius 2 is 1.91 bits per heavy atom. The number of anilines is 1. The largest absolute Gasteiger partial charge is 0.495 e. The number of halogens is 1. The van der Waals surface area contributed by atoms with E-state index in [-0.39, 0.29) is 0 Å². The number of ether oxygens (including phenoxy) is 1. The summed E-state index contributed by atoms with van der Waals surface area (Å²) < 4.78 is 5.16. The second kappa shape index (κ2) is 7.01. The van der Waals surface area contributed by atoms with Crippen LogP contribution in [0.15, 0.2) is 18.2 Å². The molecular formula is C16H21ClN2O3. The number of piperidine rings is 1. The standard InChI is InChI=1S/C16H21ClN2O3/c1-10-6-11(2)9-19(8-10)16(21)15(20)18-13-7-12(17)4-5-14(13)22-3/h4-5,7,10-11H,6,8-9H2,1-3H3,(H,18,20). The van der Waals surface area contributed by atoms with Crippen molar-refractivity contribution in [2.75, 3.05) is 25.5 Å². The predicted octanol–water partition coefficient (Wildman–Crippen LogP) is 2.79. The van der Waals surface area contributed by atoms with Crippen LogP contribution in [-0.2, 0) is 9.59 Å². The fraction of sp³-hybridized carbons (Fsp3) is 0.500. The number of nitrogens with one attached hydrogen (secondary N) is 1. The normalized spacial score (nSPS) is 21.4. The van der Waals surface area contributed by atoms with Crippen LogP contribution in [0.4, 0.5) is 5.69 Å². The summed E-state index contributed by atoms with van der Waals surface area (Å²) in [6.07, 6.45) is 1.08. The topological polar surface area (TPSA) is 58.6 Å². The molecule has 1 fully saturated rings. The molecule has 0 radical (unpaired) electrons. The number of hydrogen-bond acceptors (Lipinski definition) is 3. The third-order valence-corrected chi connectivity index (χ3v) is 4.00. The summed E-state index contributed by atoms with van der Waals surface area (Å²) in [5, 5.41) is 3.05. The maximum atomic E-state index is 12.3. The highest BCUT2D eigenvalue weighted by molar-refractivity contribution is 6.40. The fourth-order valence-electron chi connectivity index (χ4n) is 2.93. The molecule has 22 heavy (non-hydrogen) atoms. The Kier molecular flexibility index (Phi) is 5.29. The van der Waals surface area contributed by atoms with Gasteiger partial charge in [-0.1, -0.05) is 25.4 Å². The van der Waals surface area contributed by atoms with Crippen molar-refractivity contribution in [3.05, 3.63) is 23.2 Å². The van der Waals surface area contributed by atoms with Gasteiger partial charge >= 0.3 is 11.8 Å². The van der Waals surface area contributed by atoms with Crippen LogP contribution in [0.1, 0.15) is 20.3 Å². The van der Waals surface area contributed by atoms with E-state index in [0.29, 0.717) is 41.4 Å². The molecule has 5 nitrogen and oxygen atoms in total. The highest BCUT2D eigenvalue weighted by atomic mass is 35.5. The lowest BCUT2D eigenvalue weighted by atomic mass is 9.92. The van der Waals surface area contributed by atoms with Crippen molar-refractivity contribution < 1.29 is 14.3 Å². The molecule has 120 valence electrons. The summed E-state index contributed by atoms with van der Waals surface area (Å²) in [4.78, 5) is 26.1. The second-order valence-corrected chi connectivity index (χ2v) is 6.39. The Labute approximate surface area is 135 Å². The lowest BCUT2D eigenvalue weighted by Gasteiger charge is -2.34. The number of hydrogen-bond donors (Lipinski definition) is 1. The van der Waals surface area contributed by atoms with Crippen LogP contribution in [-0.4, -0.2) is 36.9 Å². The number of methoxy groups -OCH3 is 1. The lowest BCUT2D eigenvalue weighted by Crippen LogP contribution is -2.47. The van der Waals surface area contributed by atoms with Gasteiger partial charge in [0.25, 0.3) is 0 Å². The van der Waals surface area contributed by atoms with Crippen molar-refractivity contribution in [1.29, 1.82) is 0 Å². The molecule has 1 saturated heterocycles. The Morgan fingerprint density at radius 1 is 1.27 bits per heavy atom. The number of benzene rings is 1. The van der Waals surface area contributed by atoms with Gasteiger partial charge in [0, 0.05) is 18.1 Å². The van der Waals surface area contributed by atoms with E-state index in [1.54, 1.807) is 23.1 Å².